The number of hydrogen-bond donors (Lipinski definition) is 7. The van der Waals surface area contributed by atoms with Gasteiger partial charge in [0.25, 0.3) is 0 Å². The van der Waals surface area contributed by atoms with E-state index >= 15 is 0 Å². The van der Waals surface area contributed by atoms with Crippen molar-refractivity contribution in [3.8, 4) is 0 Å². The number of hydrogen-bond acceptors (Lipinski definition) is 7. The van der Waals surface area contributed by atoms with E-state index in [4.69, 9.17) is 10.8 Å². The van der Waals surface area contributed by atoms with Gasteiger partial charge < -0.3 is 37.0 Å². The fourth-order valence-electron chi connectivity index (χ4n) is 2.78. The summed E-state index contributed by atoms with van der Waals surface area (Å²) in [5, 5.41) is 34.8. The molecule has 12 nitrogen and oxygen atoms in total. The normalized spacial score (nSPS) is 16.8. The second-order valence-electron chi connectivity index (χ2n) is 8.21. The van der Waals surface area contributed by atoms with Crippen LogP contribution in [0, 0.1) is 11.8 Å². The van der Waals surface area contributed by atoms with Gasteiger partial charge >= 0.3 is 11.9 Å². The van der Waals surface area contributed by atoms with Crippen molar-refractivity contribution in [2.45, 2.75) is 84.2 Å². The molecule has 32 heavy (non-hydrogen) atoms. The molecule has 0 saturated heterocycles. The van der Waals surface area contributed by atoms with Gasteiger partial charge in [0.05, 0.1) is 12.1 Å². The average Bonchev–Trinajstić information content (AvgIpc) is 2.70. The largest absolute Gasteiger partial charge is 0.481 e. The number of carbonyl (C=O) groups excluding carboxylic acids is 3. The van der Waals surface area contributed by atoms with Crippen LogP contribution >= 0.6 is 0 Å². The van der Waals surface area contributed by atoms with E-state index < -0.39 is 65.8 Å². The maximum Gasteiger partial charge on any atom is 0.328 e. The third-order valence-electron chi connectivity index (χ3n) is 5.09. The molecule has 0 aromatic heterocycles. The lowest BCUT2D eigenvalue weighted by Gasteiger charge is -2.29. The Kier molecular flexibility index (Phi) is 12.5. The molecule has 12 heteroatoms. The van der Waals surface area contributed by atoms with Crippen molar-refractivity contribution in [2.24, 2.45) is 17.6 Å². The van der Waals surface area contributed by atoms with Crippen LogP contribution in [-0.2, 0) is 24.0 Å². The van der Waals surface area contributed by atoms with Crippen LogP contribution in [0.3, 0.4) is 0 Å². The standard InChI is InChI=1S/C20H36N4O8/c1-6-10(4)15(19(30)24-16(11(5)25)20(31)32)23-18(29)14(9(2)3)22-17(28)12(21)7-8-13(26)27/h9-12,14-16,25H,6-8,21H2,1-5H3,(H,22,28)(H,23,29)(H,24,30)(H,26,27)(H,31,32). The summed E-state index contributed by atoms with van der Waals surface area (Å²) in [6.07, 6.45) is -1.30. The molecular formula is C20H36N4O8. The van der Waals surface area contributed by atoms with Crippen molar-refractivity contribution < 1.29 is 39.3 Å². The summed E-state index contributed by atoms with van der Waals surface area (Å²) < 4.78 is 0. The van der Waals surface area contributed by atoms with E-state index in [1.165, 1.54) is 6.92 Å². The molecule has 0 saturated carbocycles. The zero-order valence-electron chi connectivity index (χ0n) is 19.1. The quantitative estimate of drug-likeness (QED) is 0.166. The molecule has 0 heterocycles. The highest BCUT2D eigenvalue weighted by Gasteiger charge is 2.34. The third-order valence-corrected chi connectivity index (χ3v) is 5.09. The minimum Gasteiger partial charge on any atom is -0.481 e. The molecule has 6 atom stereocenters. The molecule has 0 rings (SSSR count). The second-order valence-corrected chi connectivity index (χ2v) is 8.21. The Balaban J connectivity index is 5.44. The summed E-state index contributed by atoms with van der Waals surface area (Å²) in [7, 11) is 0. The number of carboxylic acid groups (broad SMARTS) is 2. The van der Waals surface area contributed by atoms with Crippen LogP contribution in [0.25, 0.3) is 0 Å². The third kappa shape index (κ3) is 9.60. The van der Waals surface area contributed by atoms with Crippen molar-refractivity contribution >= 4 is 29.7 Å². The molecule has 0 fully saturated rings. The van der Waals surface area contributed by atoms with Gasteiger partial charge in [0.1, 0.15) is 12.1 Å². The fraction of sp³-hybridized carbons (Fsp3) is 0.750. The van der Waals surface area contributed by atoms with E-state index in [0.29, 0.717) is 6.42 Å². The van der Waals surface area contributed by atoms with Crippen molar-refractivity contribution in [3.05, 3.63) is 0 Å². The van der Waals surface area contributed by atoms with Crippen LogP contribution in [0.1, 0.15) is 53.9 Å². The highest BCUT2D eigenvalue weighted by molar-refractivity contribution is 5.94. The lowest BCUT2D eigenvalue weighted by atomic mass is 9.95. The maximum absolute atomic E-state index is 12.9. The van der Waals surface area contributed by atoms with Crippen LogP contribution in [0.4, 0.5) is 0 Å². The molecule has 0 aliphatic rings. The molecule has 0 aliphatic carbocycles. The Labute approximate surface area is 187 Å². The van der Waals surface area contributed by atoms with Gasteiger partial charge in [-0.3, -0.25) is 19.2 Å². The van der Waals surface area contributed by atoms with E-state index in [-0.39, 0.29) is 18.8 Å². The number of amides is 3. The Morgan fingerprint density at radius 1 is 0.812 bits per heavy atom. The van der Waals surface area contributed by atoms with Crippen LogP contribution in [0.15, 0.2) is 0 Å². The average molecular weight is 461 g/mol. The number of aliphatic hydroxyl groups excluding tert-OH is 1. The lowest BCUT2D eigenvalue weighted by Crippen LogP contribution is -2.60. The minimum absolute atomic E-state index is 0.110. The van der Waals surface area contributed by atoms with E-state index in [1.54, 1.807) is 27.7 Å². The summed E-state index contributed by atoms with van der Waals surface area (Å²) in [6, 6.07) is -4.87. The zero-order valence-corrected chi connectivity index (χ0v) is 19.1. The number of carboxylic acids is 2. The number of nitrogens with one attached hydrogen (secondary N) is 3. The van der Waals surface area contributed by atoms with Gasteiger partial charge in [-0.05, 0) is 25.2 Å². The van der Waals surface area contributed by atoms with E-state index in [0.717, 1.165) is 0 Å². The number of nitrogens with two attached hydrogens (primary N) is 1. The Morgan fingerprint density at radius 3 is 1.69 bits per heavy atom. The Morgan fingerprint density at radius 2 is 1.28 bits per heavy atom. The van der Waals surface area contributed by atoms with Gasteiger partial charge in [-0.2, -0.15) is 0 Å². The highest BCUT2D eigenvalue weighted by Crippen LogP contribution is 2.11. The first-order valence-electron chi connectivity index (χ1n) is 10.5. The molecule has 0 aromatic carbocycles. The number of carbonyl (C=O) groups is 5. The number of aliphatic carboxylic acids is 2. The van der Waals surface area contributed by atoms with Crippen molar-refractivity contribution in [1.82, 2.24) is 16.0 Å². The summed E-state index contributed by atoms with van der Waals surface area (Å²) >= 11 is 0. The van der Waals surface area contributed by atoms with Gasteiger partial charge in [-0.15, -0.1) is 0 Å². The van der Waals surface area contributed by atoms with Crippen molar-refractivity contribution in [3.63, 3.8) is 0 Å². The molecule has 0 aliphatic heterocycles. The predicted octanol–water partition coefficient (Wildman–Crippen LogP) is -1.20. The first-order valence-corrected chi connectivity index (χ1v) is 10.5. The van der Waals surface area contributed by atoms with Crippen LogP contribution < -0.4 is 21.7 Å². The molecule has 0 bridgehead atoms. The van der Waals surface area contributed by atoms with Gasteiger partial charge in [-0.1, -0.05) is 34.1 Å². The lowest BCUT2D eigenvalue weighted by molar-refractivity contribution is -0.145. The zero-order chi connectivity index (χ0) is 25.2. The molecule has 8 N–H and O–H groups in total. The van der Waals surface area contributed by atoms with Gasteiger partial charge in [0, 0.05) is 6.42 Å². The second kappa shape index (κ2) is 13.6. The monoisotopic (exact) mass is 460 g/mol. The van der Waals surface area contributed by atoms with Gasteiger partial charge in [-0.25, -0.2) is 4.79 Å². The van der Waals surface area contributed by atoms with Crippen molar-refractivity contribution in [1.29, 1.82) is 0 Å². The van der Waals surface area contributed by atoms with Gasteiger partial charge in [0.2, 0.25) is 17.7 Å². The maximum atomic E-state index is 12.9. The predicted molar refractivity (Wildman–Crippen MR) is 114 cm³/mol. The van der Waals surface area contributed by atoms with Gasteiger partial charge in [0.15, 0.2) is 6.04 Å². The molecule has 3 amide bonds. The fourth-order valence-corrected chi connectivity index (χ4v) is 2.78. The van der Waals surface area contributed by atoms with E-state index in [2.05, 4.69) is 16.0 Å². The number of rotatable bonds is 14. The summed E-state index contributed by atoms with van der Waals surface area (Å²) in [5.41, 5.74) is 5.69. The first kappa shape index (κ1) is 29.3. The number of aliphatic hydroxyl groups is 1. The Hall–Kier alpha value is -2.73. The smallest absolute Gasteiger partial charge is 0.328 e. The molecule has 6 unspecified atom stereocenters. The van der Waals surface area contributed by atoms with Crippen molar-refractivity contribution in [2.75, 3.05) is 0 Å². The molecule has 0 radical (unpaired) electrons. The molecule has 0 aromatic rings. The van der Waals surface area contributed by atoms with E-state index in [9.17, 15) is 34.2 Å². The molecule has 0 spiro atoms. The molecular weight excluding hydrogens is 424 g/mol. The van der Waals surface area contributed by atoms with E-state index in [1.807, 2.05) is 0 Å². The van der Waals surface area contributed by atoms with Crippen LogP contribution in [0.2, 0.25) is 0 Å². The Bertz CT molecular complexity index is 683. The summed E-state index contributed by atoms with van der Waals surface area (Å²) in [5.74, 6) is -5.48. The highest BCUT2D eigenvalue weighted by atomic mass is 16.4. The van der Waals surface area contributed by atoms with Crippen LogP contribution in [-0.4, -0.2) is 75.3 Å². The van der Waals surface area contributed by atoms with Crippen LogP contribution in [0.5, 0.6) is 0 Å². The molecule has 184 valence electrons. The topological polar surface area (TPSA) is 208 Å². The SMILES string of the molecule is CCC(C)C(NC(=O)C(NC(=O)C(N)CCC(=O)O)C(C)C)C(=O)NC(C(=O)O)C(C)O. The summed E-state index contributed by atoms with van der Waals surface area (Å²) in [6.45, 7) is 8.02. The minimum atomic E-state index is -1.56. The first-order chi connectivity index (χ1) is 14.7. The summed E-state index contributed by atoms with van der Waals surface area (Å²) in [4.78, 5) is 59.8.